The normalized spacial score (nSPS) is 33.8. The van der Waals surface area contributed by atoms with Crippen LogP contribution in [0.25, 0.3) is 0 Å². The number of hydrogen-bond acceptors (Lipinski definition) is 5. The predicted octanol–water partition coefficient (Wildman–Crippen LogP) is 0.866. The second kappa shape index (κ2) is 5.38. The highest BCUT2D eigenvalue weighted by Gasteiger charge is 2.60. The molecule has 1 aliphatic carbocycles. The first-order chi connectivity index (χ1) is 8.64. The third-order valence-electron chi connectivity index (χ3n) is 3.65. The monoisotopic (exact) mass is 256 g/mol. The SMILES string of the molecule is C=CC[C@@H]1[C@@H](C(=O)OCC)C2(C[C@@H]1O)OCCO2. The fourth-order valence-corrected chi connectivity index (χ4v) is 2.96. The van der Waals surface area contributed by atoms with Gasteiger partial charge in [0.25, 0.3) is 0 Å². The van der Waals surface area contributed by atoms with E-state index in [1.54, 1.807) is 13.0 Å². The fraction of sp³-hybridized carbons (Fsp3) is 0.769. The molecule has 2 fully saturated rings. The maximum absolute atomic E-state index is 12.1. The highest BCUT2D eigenvalue weighted by Crippen LogP contribution is 2.48. The summed E-state index contributed by atoms with van der Waals surface area (Å²) in [5.41, 5.74) is 0. The van der Waals surface area contributed by atoms with Crippen molar-refractivity contribution in [3.05, 3.63) is 12.7 Å². The molecule has 0 radical (unpaired) electrons. The Morgan fingerprint density at radius 1 is 1.56 bits per heavy atom. The van der Waals surface area contributed by atoms with Crippen LogP contribution in [0.2, 0.25) is 0 Å². The van der Waals surface area contributed by atoms with E-state index in [1.165, 1.54) is 0 Å². The Kier molecular flexibility index (Phi) is 4.04. The lowest BCUT2D eigenvalue weighted by Gasteiger charge is -2.29. The van der Waals surface area contributed by atoms with Crippen molar-refractivity contribution in [3.63, 3.8) is 0 Å². The molecular formula is C13H20O5. The molecule has 2 aliphatic rings. The molecule has 1 saturated carbocycles. The number of aliphatic hydroxyl groups excluding tert-OH is 1. The van der Waals surface area contributed by atoms with Crippen LogP contribution in [0.5, 0.6) is 0 Å². The molecule has 1 saturated heterocycles. The average Bonchev–Trinajstić information content (AvgIpc) is 2.87. The summed E-state index contributed by atoms with van der Waals surface area (Å²) in [4.78, 5) is 12.1. The first-order valence-corrected chi connectivity index (χ1v) is 6.38. The minimum atomic E-state index is -1.00. The summed E-state index contributed by atoms with van der Waals surface area (Å²) in [6.45, 7) is 6.63. The van der Waals surface area contributed by atoms with Crippen molar-refractivity contribution >= 4 is 5.97 Å². The maximum atomic E-state index is 12.1. The van der Waals surface area contributed by atoms with E-state index < -0.39 is 17.8 Å². The van der Waals surface area contributed by atoms with Crippen LogP contribution in [0.3, 0.4) is 0 Å². The number of esters is 1. The summed E-state index contributed by atoms with van der Waals surface area (Å²) in [5, 5.41) is 10.1. The van der Waals surface area contributed by atoms with Gasteiger partial charge in [0.15, 0.2) is 5.79 Å². The third-order valence-corrected chi connectivity index (χ3v) is 3.65. The molecule has 0 amide bonds. The molecule has 0 aromatic heterocycles. The average molecular weight is 256 g/mol. The van der Waals surface area contributed by atoms with E-state index in [-0.39, 0.29) is 11.9 Å². The minimum Gasteiger partial charge on any atom is -0.466 e. The second-order valence-electron chi connectivity index (χ2n) is 4.70. The van der Waals surface area contributed by atoms with Crippen molar-refractivity contribution in [2.45, 2.75) is 31.7 Å². The summed E-state index contributed by atoms with van der Waals surface area (Å²) < 4.78 is 16.3. The summed E-state index contributed by atoms with van der Waals surface area (Å²) in [7, 11) is 0. The van der Waals surface area contributed by atoms with Gasteiger partial charge in [-0.3, -0.25) is 4.79 Å². The van der Waals surface area contributed by atoms with E-state index in [9.17, 15) is 9.90 Å². The van der Waals surface area contributed by atoms with E-state index in [0.717, 1.165) is 0 Å². The summed E-state index contributed by atoms with van der Waals surface area (Å²) in [5.74, 6) is -2.19. The quantitative estimate of drug-likeness (QED) is 0.597. The molecule has 18 heavy (non-hydrogen) atoms. The Morgan fingerprint density at radius 3 is 2.78 bits per heavy atom. The first kappa shape index (κ1) is 13.5. The maximum Gasteiger partial charge on any atom is 0.314 e. The van der Waals surface area contributed by atoms with Crippen LogP contribution in [-0.4, -0.2) is 42.8 Å². The van der Waals surface area contributed by atoms with Gasteiger partial charge >= 0.3 is 5.97 Å². The Bertz CT molecular complexity index is 321. The van der Waals surface area contributed by atoms with E-state index in [1.807, 2.05) is 0 Å². The molecular weight excluding hydrogens is 236 g/mol. The lowest BCUT2D eigenvalue weighted by Crippen LogP contribution is -2.42. The molecule has 1 N–H and O–H groups in total. The van der Waals surface area contributed by atoms with Crippen LogP contribution < -0.4 is 0 Å². The van der Waals surface area contributed by atoms with E-state index in [0.29, 0.717) is 32.7 Å². The van der Waals surface area contributed by atoms with Crippen molar-refractivity contribution < 1.29 is 24.1 Å². The van der Waals surface area contributed by atoms with Crippen molar-refractivity contribution in [1.29, 1.82) is 0 Å². The van der Waals surface area contributed by atoms with Gasteiger partial charge in [0, 0.05) is 12.3 Å². The smallest absolute Gasteiger partial charge is 0.314 e. The Morgan fingerprint density at radius 2 is 2.22 bits per heavy atom. The van der Waals surface area contributed by atoms with Gasteiger partial charge in [-0.2, -0.15) is 0 Å². The molecule has 0 aromatic carbocycles. The third kappa shape index (κ3) is 2.18. The molecule has 5 nitrogen and oxygen atoms in total. The van der Waals surface area contributed by atoms with Crippen LogP contribution >= 0.6 is 0 Å². The molecule has 102 valence electrons. The molecule has 0 unspecified atom stereocenters. The van der Waals surface area contributed by atoms with Gasteiger partial charge in [0.05, 0.1) is 25.9 Å². The van der Waals surface area contributed by atoms with Crippen molar-refractivity contribution in [2.75, 3.05) is 19.8 Å². The van der Waals surface area contributed by atoms with Gasteiger partial charge in [-0.25, -0.2) is 0 Å². The largest absolute Gasteiger partial charge is 0.466 e. The van der Waals surface area contributed by atoms with Gasteiger partial charge in [-0.05, 0) is 13.3 Å². The zero-order chi connectivity index (χ0) is 13.2. The molecule has 1 aliphatic heterocycles. The van der Waals surface area contributed by atoms with Crippen molar-refractivity contribution in [2.24, 2.45) is 11.8 Å². The highest BCUT2D eigenvalue weighted by atomic mass is 16.7. The van der Waals surface area contributed by atoms with Gasteiger partial charge in [-0.15, -0.1) is 6.58 Å². The Labute approximate surface area is 107 Å². The lowest BCUT2D eigenvalue weighted by atomic mass is 9.89. The van der Waals surface area contributed by atoms with E-state index in [4.69, 9.17) is 14.2 Å². The number of ether oxygens (including phenoxy) is 3. The number of carbonyl (C=O) groups excluding carboxylic acids is 1. The summed E-state index contributed by atoms with van der Waals surface area (Å²) >= 11 is 0. The minimum absolute atomic E-state index is 0.250. The fourth-order valence-electron chi connectivity index (χ4n) is 2.96. The summed E-state index contributed by atoms with van der Waals surface area (Å²) in [6, 6.07) is 0. The first-order valence-electron chi connectivity index (χ1n) is 6.38. The van der Waals surface area contributed by atoms with Crippen molar-refractivity contribution in [1.82, 2.24) is 0 Å². The number of aliphatic hydroxyl groups is 1. The number of carbonyl (C=O) groups is 1. The Balaban J connectivity index is 2.24. The zero-order valence-corrected chi connectivity index (χ0v) is 10.6. The van der Waals surface area contributed by atoms with Gasteiger partial charge in [0.2, 0.25) is 0 Å². The molecule has 3 atom stereocenters. The molecule has 5 heteroatoms. The van der Waals surface area contributed by atoms with Crippen molar-refractivity contribution in [3.8, 4) is 0 Å². The predicted molar refractivity (Wildman–Crippen MR) is 63.7 cm³/mol. The highest BCUT2D eigenvalue weighted by molar-refractivity contribution is 5.75. The van der Waals surface area contributed by atoms with Crippen LogP contribution in [-0.2, 0) is 19.0 Å². The topological polar surface area (TPSA) is 65.0 Å². The van der Waals surface area contributed by atoms with E-state index in [2.05, 4.69) is 6.58 Å². The van der Waals surface area contributed by atoms with E-state index >= 15 is 0 Å². The van der Waals surface area contributed by atoms with Crippen LogP contribution in [0.4, 0.5) is 0 Å². The number of allylic oxidation sites excluding steroid dienone is 1. The molecule has 0 aromatic rings. The van der Waals surface area contributed by atoms with Crippen LogP contribution in [0.15, 0.2) is 12.7 Å². The van der Waals surface area contributed by atoms with Gasteiger partial charge in [0.1, 0.15) is 5.92 Å². The zero-order valence-electron chi connectivity index (χ0n) is 10.6. The van der Waals surface area contributed by atoms with Crippen LogP contribution in [0, 0.1) is 11.8 Å². The second-order valence-corrected chi connectivity index (χ2v) is 4.70. The number of hydrogen-bond donors (Lipinski definition) is 1. The molecule has 2 rings (SSSR count). The van der Waals surface area contributed by atoms with Crippen LogP contribution in [0.1, 0.15) is 19.8 Å². The summed E-state index contributed by atoms with van der Waals surface area (Å²) in [6.07, 6.45) is 1.93. The lowest BCUT2D eigenvalue weighted by molar-refractivity contribution is -0.203. The number of rotatable bonds is 4. The van der Waals surface area contributed by atoms with Gasteiger partial charge in [-0.1, -0.05) is 6.08 Å². The van der Waals surface area contributed by atoms with Gasteiger partial charge < -0.3 is 19.3 Å². The standard InChI is InChI=1S/C13H20O5/c1-3-5-9-10(14)8-13(17-6-7-18-13)11(9)12(15)16-4-2/h3,9-11,14H,1,4-8H2,2H3/t9-,10-,11-/m0/s1. The molecule has 1 spiro atoms. The molecule has 0 bridgehead atoms. The molecule has 1 heterocycles. The Hall–Kier alpha value is -0.910.